The van der Waals surface area contributed by atoms with Gasteiger partial charge in [0.05, 0.1) is 29.1 Å². The lowest BCUT2D eigenvalue weighted by Gasteiger charge is -2.08. The molecule has 4 rings (SSSR count). The predicted octanol–water partition coefficient (Wildman–Crippen LogP) is 3.48. The highest BCUT2D eigenvalue weighted by Crippen LogP contribution is 2.25. The Morgan fingerprint density at radius 1 is 1.23 bits per heavy atom. The fourth-order valence-corrected chi connectivity index (χ4v) is 3.90. The van der Waals surface area contributed by atoms with E-state index in [0.717, 1.165) is 15.8 Å². The molecule has 0 saturated heterocycles. The highest BCUT2D eigenvalue weighted by Gasteiger charge is 2.16. The molecule has 2 aromatic heterocycles. The third-order valence-corrected chi connectivity index (χ3v) is 5.10. The van der Waals surface area contributed by atoms with Crippen LogP contribution in [0.2, 0.25) is 0 Å². The Morgan fingerprint density at radius 3 is 2.85 bits per heavy atom. The molecule has 0 aliphatic heterocycles. The van der Waals surface area contributed by atoms with Gasteiger partial charge in [0.15, 0.2) is 4.96 Å². The van der Waals surface area contributed by atoms with Crippen molar-refractivity contribution in [2.75, 3.05) is 12.4 Å². The molecule has 0 fully saturated rings. The number of carbonyl (C=O) groups is 1. The molecule has 1 amide bonds. The number of hydrogen-bond acceptors (Lipinski definition) is 5. The summed E-state index contributed by atoms with van der Waals surface area (Å²) in [6, 6.07) is 12.7. The van der Waals surface area contributed by atoms with Crippen molar-refractivity contribution >= 4 is 38.1 Å². The van der Waals surface area contributed by atoms with E-state index in [1.54, 1.807) is 24.3 Å². The molecule has 130 valence electrons. The number of thiazole rings is 1. The monoisotopic (exact) mass is 365 g/mol. The number of aromatic nitrogens is 2. The van der Waals surface area contributed by atoms with Crippen LogP contribution in [0.3, 0.4) is 0 Å². The van der Waals surface area contributed by atoms with Gasteiger partial charge in [0.25, 0.3) is 11.5 Å². The third kappa shape index (κ3) is 2.62. The van der Waals surface area contributed by atoms with E-state index in [2.05, 4.69) is 10.3 Å². The number of carbonyl (C=O) groups excluding carboxylic acids is 1. The second-order valence-electron chi connectivity index (χ2n) is 5.82. The van der Waals surface area contributed by atoms with Crippen LogP contribution >= 0.6 is 11.3 Å². The van der Waals surface area contributed by atoms with Crippen LogP contribution in [-0.4, -0.2) is 22.4 Å². The molecule has 1 N–H and O–H groups in total. The van der Waals surface area contributed by atoms with Crippen molar-refractivity contribution in [1.29, 1.82) is 0 Å². The van der Waals surface area contributed by atoms with Gasteiger partial charge in [-0.1, -0.05) is 29.5 Å². The first-order chi connectivity index (χ1) is 12.6. The first kappa shape index (κ1) is 16.3. The molecule has 26 heavy (non-hydrogen) atoms. The summed E-state index contributed by atoms with van der Waals surface area (Å²) in [7, 11) is 1.49. The highest BCUT2D eigenvalue weighted by atomic mass is 32.1. The van der Waals surface area contributed by atoms with Gasteiger partial charge in [-0.25, -0.2) is 9.38 Å². The highest BCUT2D eigenvalue weighted by molar-refractivity contribution is 7.23. The summed E-state index contributed by atoms with van der Waals surface area (Å²) >= 11 is 1.44. The minimum atomic E-state index is -0.420. The lowest BCUT2D eigenvalue weighted by atomic mass is 10.2. The molecule has 0 atom stereocenters. The van der Waals surface area contributed by atoms with E-state index in [9.17, 15) is 9.59 Å². The Bertz CT molecular complexity index is 1210. The maximum Gasteiger partial charge on any atom is 0.282 e. The lowest BCUT2D eigenvalue weighted by molar-refractivity contribution is 0.102. The van der Waals surface area contributed by atoms with Gasteiger partial charge in [-0.2, -0.15) is 0 Å². The normalized spacial score (nSPS) is 11.0. The van der Waals surface area contributed by atoms with E-state index in [1.165, 1.54) is 29.0 Å². The van der Waals surface area contributed by atoms with Crippen molar-refractivity contribution in [3.63, 3.8) is 0 Å². The molecule has 0 bridgehead atoms. The molecule has 6 nitrogen and oxygen atoms in total. The number of fused-ring (bicyclic) bond motifs is 3. The van der Waals surface area contributed by atoms with Crippen LogP contribution in [0.25, 0.3) is 15.2 Å². The number of para-hydroxylation sites is 1. The maximum absolute atomic E-state index is 12.9. The Balaban J connectivity index is 1.80. The van der Waals surface area contributed by atoms with Crippen LogP contribution in [0.5, 0.6) is 5.75 Å². The molecule has 0 aliphatic rings. The SMILES string of the molecule is COc1ccccc1C(=O)Nc1cnc2sc3cc(C)ccc3n2c1=O. The Hall–Kier alpha value is -3.19. The van der Waals surface area contributed by atoms with Gasteiger partial charge in [-0.3, -0.25) is 9.59 Å². The third-order valence-electron chi connectivity index (χ3n) is 4.09. The zero-order valence-corrected chi connectivity index (χ0v) is 15.0. The van der Waals surface area contributed by atoms with E-state index in [1.807, 2.05) is 25.1 Å². The largest absolute Gasteiger partial charge is 0.496 e. The van der Waals surface area contributed by atoms with Crippen LogP contribution in [0, 0.1) is 6.92 Å². The molecule has 2 heterocycles. The number of amides is 1. The molecular formula is C19H15N3O3S. The average molecular weight is 365 g/mol. The Labute approximate surface area is 152 Å². The lowest BCUT2D eigenvalue weighted by Crippen LogP contribution is -2.23. The number of anilines is 1. The van der Waals surface area contributed by atoms with Crippen molar-refractivity contribution in [3.8, 4) is 5.75 Å². The molecular weight excluding hydrogens is 350 g/mol. The van der Waals surface area contributed by atoms with Gasteiger partial charge in [0.2, 0.25) is 0 Å². The minimum Gasteiger partial charge on any atom is -0.496 e. The van der Waals surface area contributed by atoms with Crippen molar-refractivity contribution in [1.82, 2.24) is 9.38 Å². The van der Waals surface area contributed by atoms with Gasteiger partial charge < -0.3 is 10.1 Å². The number of hydrogen-bond donors (Lipinski definition) is 1. The summed E-state index contributed by atoms with van der Waals surface area (Å²) in [5.41, 5.74) is 2.06. The number of nitrogens with one attached hydrogen (secondary N) is 1. The van der Waals surface area contributed by atoms with Gasteiger partial charge in [-0.05, 0) is 36.8 Å². The first-order valence-electron chi connectivity index (χ1n) is 7.94. The smallest absolute Gasteiger partial charge is 0.282 e. The summed E-state index contributed by atoms with van der Waals surface area (Å²) in [6.07, 6.45) is 1.40. The van der Waals surface area contributed by atoms with Gasteiger partial charge in [0, 0.05) is 0 Å². The predicted molar refractivity (Wildman–Crippen MR) is 103 cm³/mol. The average Bonchev–Trinajstić information content (AvgIpc) is 3.02. The fraction of sp³-hybridized carbons (Fsp3) is 0.105. The molecule has 0 aliphatic carbocycles. The fourth-order valence-electron chi connectivity index (χ4n) is 2.82. The second-order valence-corrected chi connectivity index (χ2v) is 6.83. The van der Waals surface area contributed by atoms with Gasteiger partial charge >= 0.3 is 0 Å². The first-order valence-corrected chi connectivity index (χ1v) is 8.75. The molecule has 0 spiro atoms. The van der Waals surface area contributed by atoms with Gasteiger partial charge in [0.1, 0.15) is 11.4 Å². The number of ether oxygens (including phenoxy) is 1. The van der Waals surface area contributed by atoms with Crippen LogP contribution in [-0.2, 0) is 0 Å². The van der Waals surface area contributed by atoms with E-state index in [0.29, 0.717) is 16.3 Å². The summed E-state index contributed by atoms with van der Waals surface area (Å²) < 4.78 is 7.70. The van der Waals surface area contributed by atoms with Gasteiger partial charge in [-0.15, -0.1) is 0 Å². The molecule has 4 aromatic rings. The standard InChI is InChI=1S/C19H15N3O3S/c1-11-7-8-14-16(9-11)26-19-20-10-13(18(24)22(14)19)21-17(23)12-5-3-4-6-15(12)25-2/h3-10H,1-2H3,(H,21,23). The zero-order valence-electron chi connectivity index (χ0n) is 14.1. The summed E-state index contributed by atoms with van der Waals surface area (Å²) in [5.74, 6) is 0.0206. The number of rotatable bonds is 3. The van der Waals surface area contributed by atoms with Crippen molar-refractivity contribution in [2.45, 2.75) is 6.92 Å². The van der Waals surface area contributed by atoms with E-state index in [4.69, 9.17) is 4.74 Å². The van der Waals surface area contributed by atoms with Crippen LogP contribution in [0.15, 0.2) is 53.5 Å². The molecule has 0 saturated carbocycles. The van der Waals surface area contributed by atoms with E-state index in [-0.39, 0.29) is 11.2 Å². The van der Waals surface area contributed by atoms with Crippen molar-refractivity contribution < 1.29 is 9.53 Å². The van der Waals surface area contributed by atoms with Crippen LogP contribution in [0.4, 0.5) is 5.69 Å². The maximum atomic E-state index is 12.9. The summed E-state index contributed by atoms with van der Waals surface area (Å²) in [4.78, 5) is 30.4. The topological polar surface area (TPSA) is 72.7 Å². The number of aryl methyl sites for hydroxylation is 1. The van der Waals surface area contributed by atoms with Crippen LogP contribution < -0.4 is 15.6 Å². The number of methoxy groups -OCH3 is 1. The Morgan fingerprint density at radius 2 is 2.04 bits per heavy atom. The summed E-state index contributed by atoms with van der Waals surface area (Å²) in [5, 5.41) is 2.65. The summed E-state index contributed by atoms with van der Waals surface area (Å²) in [6.45, 7) is 2.00. The number of benzene rings is 2. The minimum absolute atomic E-state index is 0.124. The Kier molecular flexibility index (Phi) is 3.93. The molecule has 7 heteroatoms. The van der Waals surface area contributed by atoms with Crippen LogP contribution in [0.1, 0.15) is 15.9 Å². The molecule has 0 radical (unpaired) electrons. The quantitative estimate of drug-likeness (QED) is 0.603. The molecule has 2 aromatic carbocycles. The van der Waals surface area contributed by atoms with Crippen molar-refractivity contribution in [2.24, 2.45) is 0 Å². The van der Waals surface area contributed by atoms with E-state index >= 15 is 0 Å². The van der Waals surface area contributed by atoms with Crippen molar-refractivity contribution in [3.05, 3.63) is 70.1 Å². The van der Waals surface area contributed by atoms with E-state index < -0.39 is 5.91 Å². The number of nitrogens with zero attached hydrogens (tertiary/aromatic N) is 2. The second kappa shape index (κ2) is 6.27. The zero-order chi connectivity index (χ0) is 18.3. The molecule has 0 unspecified atom stereocenters.